The third-order valence-electron chi connectivity index (χ3n) is 6.07. The van der Waals surface area contributed by atoms with Gasteiger partial charge in [0.05, 0.1) is 19.3 Å². The summed E-state index contributed by atoms with van der Waals surface area (Å²) in [6, 6.07) is 16.8. The zero-order valence-corrected chi connectivity index (χ0v) is 19.5. The first-order chi connectivity index (χ1) is 15.7. The first kappa shape index (κ1) is 24.5. The molecule has 2 aromatic carbocycles. The van der Waals surface area contributed by atoms with E-state index < -0.39 is 0 Å². The monoisotopic (exact) mass is 438 g/mol. The van der Waals surface area contributed by atoms with Crippen molar-refractivity contribution >= 4 is 5.97 Å². The van der Waals surface area contributed by atoms with Gasteiger partial charge in [-0.2, -0.15) is 0 Å². The second-order valence-electron chi connectivity index (χ2n) is 8.70. The van der Waals surface area contributed by atoms with Gasteiger partial charge >= 0.3 is 5.97 Å². The van der Waals surface area contributed by atoms with Crippen molar-refractivity contribution in [2.75, 3.05) is 20.3 Å². The van der Waals surface area contributed by atoms with E-state index >= 15 is 0 Å². The Morgan fingerprint density at radius 1 is 0.875 bits per heavy atom. The predicted octanol–water partition coefficient (Wildman–Crippen LogP) is 6.29. The number of hydrogen-bond acceptors (Lipinski definition) is 4. The third-order valence-corrected chi connectivity index (χ3v) is 6.07. The van der Waals surface area contributed by atoms with Crippen LogP contribution in [0, 0.1) is 0 Å². The van der Waals surface area contributed by atoms with E-state index in [2.05, 4.69) is 30.3 Å². The van der Waals surface area contributed by atoms with Crippen molar-refractivity contribution in [2.24, 2.45) is 0 Å². The van der Waals surface area contributed by atoms with Crippen molar-refractivity contribution in [2.45, 2.75) is 76.9 Å². The minimum atomic E-state index is -0.264. The molecule has 2 aromatic rings. The van der Waals surface area contributed by atoms with Crippen molar-refractivity contribution in [3.05, 3.63) is 70.8 Å². The van der Waals surface area contributed by atoms with Gasteiger partial charge in [0, 0.05) is 6.61 Å². The molecule has 4 nitrogen and oxygen atoms in total. The predicted molar refractivity (Wildman–Crippen MR) is 128 cm³/mol. The Morgan fingerprint density at radius 3 is 2.19 bits per heavy atom. The quantitative estimate of drug-likeness (QED) is 0.272. The molecule has 174 valence electrons. The molecule has 1 atom stereocenters. The van der Waals surface area contributed by atoms with Gasteiger partial charge < -0.3 is 14.2 Å². The van der Waals surface area contributed by atoms with Crippen LogP contribution in [-0.4, -0.2) is 32.6 Å². The number of ether oxygens (including phenoxy) is 3. The Kier molecular flexibility index (Phi) is 10.8. The number of methoxy groups -OCH3 is 1. The molecule has 0 N–H and O–H groups in total. The van der Waals surface area contributed by atoms with Gasteiger partial charge in [-0.05, 0) is 86.6 Å². The summed E-state index contributed by atoms with van der Waals surface area (Å²) >= 11 is 0. The molecule has 1 unspecified atom stereocenters. The van der Waals surface area contributed by atoms with Gasteiger partial charge in [0.15, 0.2) is 6.29 Å². The van der Waals surface area contributed by atoms with Crippen molar-refractivity contribution in [3.8, 4) is 0 Å². The van der Waals surface area contributed by atoms with Crippen LogP contribution in [0.1, 0.15) is 78.4 Å². The highest BCUT2D eigenvalue weighted by Gasteiger charge is 2.13. The van der Waals surface area contributed by atoms with E-state index in [1.54, 1.807) is 0 Å². The molecule has 0 aromatic heterocycles. The molecule has 1 heterocycles. The fourth-order valence-corrected chi connectivity index (χ4v) is 4.26. The molecule has 32 heavy (non-hydrogen) atoms. The zero-order chi connectivity index (χ0) is 22.4. The maximum Gasteiger partial charge on any atom is 0.337 e. The summed E-state index contributed by atoms with van der Waals surface area (Å²) in [5.74, 6) is -0.264. The number of aryl methyl sites for hydroxylation is 3. The van der Waals surface area contributed by atoms with Crippen LogP contribution in [-0.2, 0) is 33.5 Å². The Hall–Kier alpha value is -2.17. The minimum Gasteiger partial charge on any atom is -0.465 e. The van der Waals surface area contributed by atoms with Gasteiger partial charge in [0.2, 0.25) is 0 Å². The highest BCUT2D eigenvalue weighted by molar-refractivity contribution is 5.89. The van der Waals surface area contributed by atoms with Crippen LogP contribution in [0.2, 0.25) is 0 Å². The fourth-order valence-electron chi connectivity index (χ4n) is 4.26. The molecular formula is C28H38O4. The van der Waals surface area contributed by atoms with E-state index in [9.17, 15) is 4.79 Å². The smallest absolute Gasteiger partial charge is 0.337 e. The number of benzene rings is 2. The molecule has 1 saturated heterocycles. The minimum absolute atomic E-state index is 0.0203. The number of esters is 1. The molecule has 0 saturated carbocycles. The molecule has 3 rings (SSSR count). The molecule has 0 radical (unpaired) electrons. The van der Waals surface area contributed by atoms with Crippen LogP contribution in [0.25, 0.3) is 0 Å². The molecule has 1 fully saturated rings. The summed E-state index contributed by atoms with van der Waals surface area (Å²) in [5, 5.41) is 0. The van der Waals surface area contributed by atoms with Gasteiger partial charge in [0.1, 0.15) is 0 Å². The molecule has 4 heteroatoms. The standard InChI is InChI=1S/C28H38O4/c1-30-28(29)26-17-9-15-25(22-26)12-5-3-2-4-11-23-13-8-14-24(21-23)16-10-20-32-27-18-6-7-19-31-27/h8-9,13-15,17,21-22,27H,2-7,10-12,16,18-20H2,1H3. The molecule has 1 aliphatic rings. The molecule has 0 amide bonds. The van der Waals surface area contributed by atoms with E-state index in [-0.39, 0.29) is 12.3 Å². The summed E-state index contributed by atoms with van der Waals surface area (Å²) < 4.78 is 16.3. The molecule has 0 aliphatic carbocycles. The SMILES string of the molecule is COC(=O)c1cccc(CCCCCCc2cccc(CCCOC3CCCCO3)c2)c1. The van der Waals surface area contributed by atoms with Crippen molar-refractivity contribution in [3.63, 3.8) is 0 Å². The van der Waals surface area contributed by atoms with Crippen LogP contribution in [0.3, 0.4) is 0 Å². The van der Waals surface area contributed by atoms with E-state index in [1.807, 2.05) is 18.2 Å². The normalized spacial score (nSPS) is 16.1. The largest absolute Gasteiger partial charge is 0.465 e. The Bertz CT molecular complexity index is 811. The summed E-state index contributed by atoms with van der Waals surface area (Å²) in [6.45, 7) is 1.62. The number of hydrogen-bond donors (Lipinski definition) is 0. The lowest BCUT2D eigenvalue weighted by atomic mass is 10.0. The van der Waals surface area contributed by atoms with Gasteiger partial charge in [-0.25, -0.2) is 4.79 Å². The molecule has 0 bridgehead atoms. The lowest BCUT2D eigenvalue weighted by molar-refractivity contribution is -0.162. The lowest BCUT2D eigenvalue weighted by Crippen LogP contribution is -2.22. The van der Waals surface area contributed by atoms with Crippen LogP contribution in [0.15, 0.2) is 48.5 Å². The Labute approximate surface area is 193 Å². The summed E-state index contributed by atoms with van der Waals surface area (Å²) in [4.78, 5) is 11.6. The average Bonchev–Trinajstić information content (AvgIpc) is 2.84. The molecule has 1 aliphatic heterocycles. The Balaban J connectivity index is 1.28. The highest BCUT2D eigenvalue weighted by atomic mass is 16.7. The van der Waals surface area contributed by atoms with Crippen molar-refractivity contribution in [1.29, 1.82) is 0 Å². The summed E-state index contributed by atoms with van der Waals surface area (Å²) in [5.41, 5.74) is 4.68. The third kappa shape index (κ3) is 8.76. The number of carbonyl (C=O) groups excluding carboxylic acids is 1. The molecule has 0 spiro atoms. The van der Waals surface area contributed by atoms with Crippen LogP contribution in [0.5, 0.6) is 0 Å². The number of carbonyl (C=O) groups is 1. The maximum atomic E-state index is 11.6. The van der Waals surface area contributed by atoms with Gasteiger partial charge in [-0.15, -0.1) is 0 Å². The van der Waals surface area contributed by atoms with Crippen molar-refractivity contribution in [1.82, 2.24) is 0 Å². The first-order valence-electron chi connectivity index (χ1n) is 12.2. The second-order valence-corrected chi connectivity index (χ2v) is 8.70. The topological polar surface area (TPSA) is 44.8 Å². The highest BCUT2D eigenvalue weighted by Crippen LogP contribution is 2.16. The lowest BCUT2D eigenvalue weighted by Gasteiger charge is -2.22. The van der Waals surface area contributed by atoms with E-state index in [0.29, 0.717) is 5.56 Å². The average molecular weight is 439 g/mol. The maximum absolute atomic E-state index is 11.6. The van der Waals surface area contributed by atoms with Gasteiger partial charge in [0.25, 0.3) is 0 Å². The van der Waals surface area contributed by atoms with Crippen LogP contribution < -0.4 is 0 Å². The van der Waals surface area contributed by atoms with Gasteiger partial charge in [-0.1, -0.05) is 49.2 Å². The van der Waals surface area contributed by atoms with Crippen molar-refractivity contribution < 1.29 is 19.0 Å². The first-order valence-corrected chi connectivity index (χ1v) is 12.2. The van der Waals surface area contributed by atoms with E-state index in [4.69, 9.17) is 14.2 Å². The van der Waals surface area contributed by atoms with Crippen LogP contribution >= 0.6 is 0 Å². The van der Waals surface area contributed by atoms with E-state index in [0.717, 1.165) is 58.2 Å². The summed E-state index contributed by atoms with van der Waals surface area (Å²) in [6.07, 6.45) is 12.5. The second kappa shape index (κ2) is 14.1. The molecular weight excluding hydrogens is 400 g/mol. The number of rotatable bonds is 13. The van der Waals surface area contributed by atoms with E-state index in [1.165, 1.54) is 49.5 Å². The van der Waals surface area contributed by atoms with Gasteiger partial charge in [-0.3, -0.25) is 0 Å². The fraction of sp³-hybridized carbons (Fsp3) is 0.536. The summed E-state index contributed by atoms with van der Waals surface area (Å²) in [7, 11) is 1.42. The zero-order valence-electron chi connectivity index (χ0n) is 19.5. The Morgan fingerprint density at radius 2 is 1.53 bits per heavy atom. The van der Waals surface area contributed by atoms with Crippen LogP contribution in [0.4, 0.5) is 0 Å². The number of unbranched alkanes of at least 4 members (excludes halogenated alkanes) is 3.